The Hall–Kier alpha value is -1.31. The smallest absolute Gasteiger partial charge is 0.176 e. The molecule has 0 bridgehead atoms. The van der Waals surface area contributed by atoms with Gasteiger partial charge in [0.1, 0.15) is 0 Å². The monoisotopic (exact) mass is 572 g/mol. The van der Waals surface area contributed by atoms with Crippen molar-refractivity contribution in [2.24, 2.45) is 56.2 Å². The van der Waals surface area contributed by atoms with Crippen molar-refractivity contribution in [1.29, 1.82) is 0 Å². The molecule has 1 heterocycles. The minimum atomic E-state index is -0.608. The number of rotatable bonds is 2. The third-order valence-electron chi connectivity index (χ3n) is 16.6. The number of hydrogen-bond acceptors (Lipinski definition) is 2. The zero-order chi connectivity index (χ0) is 30.0. The Morgan fingerprint density at radius 3 is 1.86 bits per heavy atom. The molecular weight excluding hydrogens is 512 g/mol. The van der Waals surface area contributed by atoms with Crippen LogP contribution in [0.3, 0.4) is 0 Å². The standard InChI is InChI=1S/C40H60O2/c1-9-34(3)21-23-36(5)27(25-34)15-18-38(7)29-17-20-40(42-30(29)11-12-31(36)38)33(41)14-13-32-37(6)24-22-35(4,10-2)26-28(37)16-19-39(32,40)8/h9-10,27-28,31-32H,1-2,11-26H2,3-8H3/t27-,28-,31+,32+,34-,35-,36-,37-,38+,39-,40-/m0/s1. The van der Waals surface area contributed by atoms with Gasteiger partial charge in [-0.2, -0.15) is 0 Å². The van der Waals surface area contributed by atoms with Gasteiger partial charge >= 0.3 is 0 Å². The van der Waals surface area contributed by atoms with Gasteiger partial charge in [0.25, 0.3) is 0 Å². The Morgan fingerprint density at radius 2 is 1.24 bits per heavy atom. The van der Waals surface area contributed by atoms with Gasteiger partial charge in [-0.15, -0.1) is 13.2 Å². The molecule has 1 spiro atoms. The van der Waals surface area contributed by atoms with Crippen molar-refractivity contribution in [3.8, 4) is 0 Å². The highest BCUT2D eigenvalue weighted by atomic mass is 16.5. The van der Waals surface area contributed by atoms with Crippen LogP contribution in [0.4, 0.5) is 0 Å². The van der Waals surface area contributed by atoms with E-state index in [4.69, 9.17) is 4.74 Å². The summed E-state index contributed by atoms with van der Waals surface area (Å²) in [6.45, 7) is 23.7. The fourth-order valence-corrected chi connectivity index (χ4v) is 13.6. The maximum absolute atomic E-state index is 14.2. The molecule has 0 amide bonds. The SMILES string of the molecule is C=C[C@@]1(C)CC[C@@]2(C)[C@@H](CC[C@@]3(C)[C@@H]2CCC(=O)[C@@]32CCC3=C(CC[C@@H]4[C@@]5(C)CC[C@](C)(C=C)C[C@@H]5CC[C@]34C)O2)C1. The summed E-state index contributed by atoms with van der Waals surface area (Å²) in [5.41, 5.74) is 2.47. The lowest BCUT2D eigenvalue weighted by molar-refractivity contribution is -0.223. The molecule has 0 aromatic carbocycles. The van der Waals surface area contributed by atoms with E-state index in [0.29, 0.717) is 34.4 Å². The van der Waals surface area contributed by atoms with E-state index in [1.54, 1.807) is 5.57 Å². The predicted octanol–water partition coefficient (Wildman–Crippen LogP) is 10.8. The number of allylic oxidation sites excluding steroid dienone is 4. The molecule has 5 fully saturated rings. The van der Waals surface area contributed by atoms with Crippen LogP contribution in [0.25, 0.3) is 0 Å². The van der Waals surface area contributed by atoms with Gasteiger partial charge < -0.3 is 4.74 Å². The Balaban J connectivity index is 1.20. The molecule has 2 nitrogen and oxygen atoms in total. The lowest BCUT2D eigenvalue weighted by atomic mass is 9.39. The molecule has 0 radical (unpaired) electrons. The van der Waals surface area contributed by atoms with Crippen molar-refractivity contribution in [1.82, 2.24) is 0 Å². The fourth-order valence-electron chi connectivity index (χ4n) is 13.6. The second-order valence-corrected chi connectivity index (χ2v) is 18.4. The van der Waals surface area contributed by atoms with Gasteiger partial charge in [-0.3, -0.25) is 4.79 Å². The molecule has 5 saturated carbocycles. The molecule has 0 saturated heterocycles. The average molecular weight is 573 g/mol. The maximum Gasteiger partial charge on any atom is 0.176 e. The van der Waals surface area contributed by atoms with E-state index in [1.165, 1.54) is 70.0 Å². The van der Waals surface area contributed by atoms with Crippen LogP contribution in [-0.2, 0) is 9.53 Å². The molecule has 7 aliphatic rings. The molecule has 11 atom stereocenters. The first kappa shape index (κ1) is 29.4. The second kappa shape index (κ2) is 9.13. The highest BCUT2D eigenvalue weighted by molar-refractivity contribution is 5.90. The highest BCUT2D eigenvalue weighted by Crippen LogP contribution is 2.72. The van der Waals surface area contributed by atoms with Crippen molar-refractivity contribution < 1.29 is 9.53 Å². The largest absolute Gasteiger partial charge is 0.483 e. The second-order valence-electron chi connectivity index (χ2n) is 18.4. The van der Waals surface area contributed by atoms with Gasteiger partial charge in [-0.05, 0) is 146 Å². The molecule has 0 N–H and O–H groups in total. The third-order valence-corrected chi connectivity index (χ3v) is 16.6. The summed E-state index contributed by atoms with van der Waals surface area (Å²) in [4.78, 5) is 14.2. The summed E-state index contributed by atoms with van der Waals surface area (Å²) in [6.07, 6.45) is 23.2. The van der Waals surface area contributed by atoms with E-state index >= 15 is 0 Å². The van der Waals surface area contributed by atoms with E-state index in [-0.39, 0.29) is 16.2 Å². The fraction of sp³-hybridized carbons (Fsp3) is 0.825. The molecule has 232 valence electrons. The average Bonchev–Trinajstić information content (AvgIpc) is 2.97. The number of carbonyl (C=O) groups is 1. The van der Waals surface area contributed by atoms with Crippen molar-refractivity contribution in [3.05, 3.63) is 36.6 Å². The van der Waals surface area contributed by atoms with E-state index < -0.39 is 5.60 Å². The zero-order valence-electron chi connectivity index (χ0n) is 28.0. The van der Waals surface area contributed by atoms with Crippen LogP contribution in [0.5, 0.6) is 0 Å². The number of Topliss-reactive ketones (excluding diaryl/α,β-unsaturated/α-hetero) is 1. The molecule has 7 rings (SSSR count). The highest BCUT2D eigenvalue weighted by Gasteiger charge is 2.70. The van der Waals surface area contributed by atoms with E-state index in [0.717, 1.165) is 49.9 Å². The Kier molecular flexibility index (Phi) is 6.39. The first-order valence-electron chi connectivity index (χ1n) is 17.9. The van der Waals surface area contributed by atoms with Crippen molar-refractivity contribution in [2.45, 2.75) is 150 Å². The number of ketones is 1. The van der Waals surface area contributed by atoms with Gasteiger partial charge in [0.2, 0.25) is 0 Å². The molecule has 0 aromatic heterocycles. The summed E-state index contributed by atoms with van der Waals surface area (Å²) in [5, 5.41) is 0. The van der Waals surface area contributed by atoms with Gasteiger partial charge in [0, 0.05) is 18.3 Å². The first-order valence-corrected chi connectivity index (χ1v) is 17.9. The number of fused-ring (bicyclic) bond motifs is 8. The summed E-state index contributed by atoms with van der Waals surface area (Å²) < 4.78 is 7.42. The molecule has 1 aliphatic heterocycles. The summed E-state index contributed by atoms with van der Waals surface area (Å²) in [6, 6.07) is 0. The quantitative estimate of drug-likeness (QED) is 0.308. The molecule has 42 heavy (non-hydrogen) atoms. The van der Waals surface area contributed by atoms with Crippen LogP contribution in [0.2, 0.25) is 0 Å². The van der Waals surface area contributed by atoms with Crippen LogP contribution >= 0.6 is 0 Å². The van der Waals surface area contributed by atoms with E-state index in [1.807, 2.05) is 0 Å². The number of carbonyl (C=O) groups excluding carboxylic acids is 1. The lowest BCUT2D eigenvalue weighted by Gasteiger charge is -2.68. The van der Waals surface area contributed by atoms with Crippen molar-refractivity contribution >= 4 is 5.78 Å². The van der Waals surface area contributed by atoms with Gasteiger partial charge in [0.05, 0.1) is 5.76 Å². The molecule has 0 unspecified atom stereocenters. The number of ether oxygens (including phenoxy) is 1. The normalized spacial score (nSPS) is 55.3. The van der Waals surface area contributed by atoms with Gasteiger partial charge in [-0.1, -0.05) is 53.7 Å². The number of hydrogen-bond donors (Lipinski definition) is 0. The minimum absolute atomic E-state index is 0.0616. The first-order chi connectivity index (χ1) is 19.7. The topological polar surface area (TPSA) is 26.3 Å². The zero-order valence-corrected chi connectivity index (χ0v) is 28.0. The molecular formula is C40H60O2. The molecule has 6 aliphatic carbocycles. The molecule has 0 aromatic rings. The Labute approximate surface area is 257 Å². The van der Waals surface area contributed by atoms with E-state index in [9.17, 15) is 4.79 Å². The van der Waals surface area contributed by atoms with Crippen LogP contribution in [0.1, 0.15) is 144 Å². The van der Waals surface area contributed by atoms with Crippen molar-refractivity contribution in [2.75, 3.05) is 0 Å². The summed E-state index contributed by atoms with van der Waals surface area (Å²) in [5.74, 6) is 4.54. The Bertz CT molecular complexity index is 1230. The van der Waals surface area contributed by atoms with Crippen molar-refractivity contribution in [3.63, 3.8) is 0 Å². The van der Waals surface area contributed by atoms with E-state index in [2.05, 4.69) is 66.9 Å². The lowest BCUT2D eigenvalue weighted by Crippen LogP contribution is -2.68. The summed E-state index contributed by atoms with van der Waals surface area (Å²) in [7, 11) is 0. The predicted molar refractivity (Wildman–Crippen MR) is 173 cm³/mol. The van der Waals surface area contributed by atoms with Gasteiger partial charge in [0.15, 0.2) is 11.4 Å². The third kappa shape index (κ3) is 3.65. The Morgan fingerprint density at radius 1 is 0.667 bits per heavy atom. The van der Waals surface area contributed by atoms with Crippen LogP contribution in [0, 0.1) is 56.2 Å². The van der Waals surface area contributed by atoms with Crippen LogP contribution < -0.4 is 0 Å². The molecule has 2 heteroatoms. The van der Waals surface area contributed by atoms with Crippen LogP contribution in [-0.4, -0.2) is 11.4 Å². The summed E-state index contributed by atoms with van der Waals surface area (Å²) >= 11 is 0. The minimum Gasteiger partial charge on any atom is -0.483 e. The van der Waals surface area contributed by atoms with Gasteiger partial charge in [-0.25, -0.2) is 0 Å². The van der Waals surface area contributed by atoms with Crippen LogP contribution in [0.15, 0.2) is 36.6 Å². The maximum atomic E-state index is 14.2.